The number of amides is 3. The molecule has 222 valence electrons. The van der Waals surface area contributed by atoms with Crippen LogP contribution in [0.25, 0.3) is 11.1 Å². The van der Waals surface area contributed by atoms with Crippen molar-refractivity contribution in [1.82, 2.24) is 9.96 Å². The van der Waals surface area contributed by atoms with Crippen LogP contribution in [0.3, 0.4) is 0 Å². The number of carbonyl (C=O) groups excluding carboxylic acids is 5. The number of rotatable bonds is 8. The van der Waals surface area contributed by atoms with E-state index in [-0.39, 0.29) is 30.1 Å². The van der Waals surface area contributed by atoms with Crippen LogP contribution in [-0.2, 0) is 23.9 Å². The van der Waals surface area contributed by atoms with Gasteiger partial charge in [-0.3, -0.25) is 14.5 Å². The maximum Gasteiger partial charge on any atom is 0.410 e. The fourth-order valence-electron chi connectivity index (χ4n) is 5.31. The van der Waals surface area contributed by atoms with Gasteiger partial charge in [0.15, 0.2) is 0 Å². The Labute approximate surface area is 249 Å². The highest BCUT2D eigenvalue weighted by Crippen LogP contribution is 2.44. The second-order valence-corrected chi connectivity index (χ2v) is 11.4. The summed E-state index contributed by atoms with van der Waals surface area (Å²) >= 11 is 0. The molecule has 1 heterocycles. The lowest BCUT2D eigenvalue weighted by Gasteiger charge is -2.29. The molecular formula is C33H32N2O8. The van der Waals surface area contributed by atoms with Gasteiger partial charge in [-0.25, -0.2) is 14.4 Å². The molecule has 2 aliphatic rings. The van der Waals surface area contributed by atoms with Crippen molar-refractivity contribution in [3.8, 4) is 11.1 Å². The summed E-state index contributed by atoms with van der Waals surface area (Å²) in [4.78, 5) is 70.4. The van der Waals surface area contributed by atoms with Gasteiger partial charge in [-0.1, -0.05) is 65.7 Å². The van der Waals surface area contributed by atoms with Crippen LogP contribution in [-0.4, -0.2) is 65.1 Å². The van der Waals surface area contributed by atoms with Crippen molar-refractivity contribution in [3.63, 3.8) is 0 Å². The summed E-state index contributed by atoms with van der Waals surface area (Å²) in [5.41, 5.74) is 3.63. The molecular weight excluding hydrogens is 552 g/mol. The minimum Gasteiger partial charge on any atom is -0.458 e. The Morgan fingerprint density at radius 1 is 0.814 bits per heavy atom. The lowest BCUT2D eigenvalue weighted by Crippen LogP contribution is -2.46. The minimum absolute atomic E-state index is 0.0417. The summed E-state index contributed by atoms with van der Waals surface area (Å²) in [6, 6.07) is 20.8. The van der Waals surface area contributed by atoms with Crippen LogP contribution in [0, 0.1) is 0 Å². The van der Waals surface area contributed by atoms with Gasteiger partial charge in [-0.15, -0.1) is 0 Å². The number of carbonyl (C=O) groups is 5. The van der Waals surface area contributed by atoms with E-state index in [0.717, 1.165) is 27.2 Å². The zero-order chi connectivity index (χ0) is 30.9. The highest BCUT2D eigenvalue weighted by Gasteiger charge is 2.39. The Bertz CT molecular complexity index is 1530. The zero-order valence-corrected chi connectivity index (χ0v) is 24.4. The first kappa shape index (κ1) is 29.5. The average molecular weight is 585 g/mol. The summed E-state index contributed by atoms with van der Waals surface area (Å²) in [7, 11) is 1.39. The maximum absolute atomic E-state index is 13.3. The number of esters is 1. The lowest BCUT2D eigenvalue weighted by atomic mass is 9.98. The Morgan fingerprint density at radius 2 is 1.30 bits per heavy atom. The zero-order valence-electron chi connectivity index (χ0n) is 24.4. The van der Waals surface area contributed by atoms with Crippen molar-refractivity contribution < 1.29 is 38.3 Å². The topological polar surface area (TPSA) is 120 Å². The molecule has 1 aliphatic heterocycles. The molecule has 0 unspecified atom stereocenters. The monoisotopic (exact) mass is 584 g/mol. The van der Waals surface area contributed by atoms with Crippen molar-refractivity contribution >= 4 is 29.8 Å². The first-order valence-electron chi connectivity index (χ1n) is 14.0. The van der Waals surface area contributed by atoms with E-state index in [4.69, 9.17) is 14.3 Å². The van der Waals surface area contributed by atoms with Crippen molar-refractivity contribution in [2.75, 3.05) is 13.7 Å². The molecule has 3 amide bonds. The summed E-state index contributed by atoms with van der Waals surface area (Å²) in [6.07, 6.45) is -1.36. The number of nitrogens with zero attached hydrogens (tertiary/aromatic N) is 2. The van der Waals surface area contributed by atoms with Crippen molar-refractivity contribution in [1.29, 1.82) is 0 Å². The molecule has 0 saturated carbocycles. The van der Waals surface area contributed by atoms with E-state index >= 15 is 0 Å². The van der Waals surface area contributed by atoms with Crippen LogP contribution < -0.4 is 0 Å². The number of hydrogen-bond donors (Lipinski definition) is 0. The van der Waals surface area contributed by atoms with Crippen molar-refractivity contribution in [2.24, 2.45) is 0 Å². The molecule has 43 heavy (non-hydrogen) atoms. The van der Waals surface area contributed by atoms with Crippen LogP contribution in [0.1, 0.15) is 71.4 Å². The molecule has 1 aliphatic carbocycles. The molecule has 0 N–H and O–H groups in total. The van der Waals surface area contributed by atoms with Gasteiger partial charge >= 0.3 is 18.0 Å². The normalized spacial score (nSPS) is 14.5. The van der Waals surface area contributed by atoms with Crippen LogP contribution in [0.2, 0.25) is 0 Å². The van der Waals surface area contributed by atoms with Gasteiger partial charge in [0.2, 0.25) is 0 Å². The highest BCUT2D eigenvalue weighted by molar-refractivity contribution is 6.20. The van der Waals surface area contributed by atoms with Crippen LogP contribution in [0.15, 0.2) is 72.8 Å². The molecule has 5 rings (SSSR count). The van der Waals surface area contributed by atoms with Gasteiger partial charge in [-0.05, 0) is 61.6 Å². The molecule has 0 spiro atoms. The summed E-state index contributed by atoms with van der Waals surface area (Å²) in [6.45, 7) is 5.10. The van der Waals surface area contributed by atoms with E-state index in [1.54, 1.807) is 32.9 Å². The number of fused-ring (bicyclic) bond motifs is 4. The molecule has 10 nitrogen and oxygen atoms in total. The van der Waals surface area contributed by atoms with Gasteiger partial charge in [0, 0.05) is 13.0 Å². The number of likely N-dealkylation sites (N-methyl/N-ethyl adjacent to an activating group) is 1. The van der Waals surface area contributed by atoms with Crippen LogP contribution >= 0.6 is 0 Å². The predicted molar refractivity (Wildman–Crippen MR) is 155 cm³/mol. The van der Waals surface area contributed by atoms with Gasteiger partial charge in [-0.2, -0.15) is 0 Å². The van der Waals surface area contributed by atoms with Crippen molar-refractivity contribution in [2.45, 2.75) is 51.2 Å². The van der Waals surface area contributed by atoms with E-state index in [1.807, 2.05) is 48.5 Å². The lowest BCUT2D eigenvalue weighted by molar-refractivity contribution is -0.169. The second kappa shape index (κ2) is 11.7. The van der Waals surface area contributed by atoms with Gasteiger partial charge in [0.05, 0.1) is 17.5 Å². The molecule has 10 heteroatoms. The standard InChI is InChI=1S/C33H32N2O8/c1-33(2,3)42-31(39)27(17-18-28(36)43-35-29(37)24-15-9-10-16-25(24)30(35)38)34(4)32(40)41-19-26-22-13-7-5-11-20(22)21-12-6-8-14-23(21)26/h5-16,26-27H,17-19H2,1-4H3/t27-/m1/s1. The average Bonchev–Trinajstić information content (AvgIpc) is 3.42. The third-order valence-electron chi connectivity index (χ3n) is 7.34. The van der Waals surface area contributed by atoms with E-state index in [1.165, 1.54) is 19.2 Å². The SMILES string of the molecule is CN(C(=O)OCC1c2ccccc2-c2ccccc21)[C@H](CCC(=O)ON1C(=O)c2ccccc2C1=O)C(=O)OC(C)(C)C. The Morgan fingerprint density at radius 3 is 1.81 bits per heavy atom. The van der Waals surface area contributed by atoms with Gasteiger partial charge < -0.3 is 14.3 Å². The van der Waals surface area contributed by atoms with Gasteiger partial charge in [0.25, 0.3) is 11.8 Å². The number of benzene rings is 3. The molecule has 3 aromatic rings. The summed E-state index contributed by atoms with van der Waals surface area (Å²) in [5, 5.41) is 0.407. The summed E-state index contributed by atoms with van der Waals surface area (Å²) < 4.78 is 11.2. The quantitative estimate of drug-likeness (QED) is 0.265. The van der Waals surface area contributed by atoms with Crippen LogP contribution in [0.5, 0.6) is 0 Å². The fourth-order valence-corrected chi connectivity index (χ4v) is 5.31. The molecule has 0 aromatic heterocycles. The van der Waals surface area contributed by atoms with Crippen molar-refractivity contribution in [3.05, 3.63) is 95.1 Å². The number of imide groups is 1. The van der Waals surface area contributed by atoms with Gasteiger partial charge in [0.1, 0.15) is 18.2 Å². The third kappa shape index (κ3) is 5.99. The first-order valence-corrected chi connectivity index (χ1v) is 14.0. The Balaban J connectivity index is 1.25. The smallest absolute Gasteiger partial charge is 0.410 e. The van der Waals surface area contributed by atoms with E-state index in [2.05, 4.69) is 0 Å². The number of hydroxylamine groups is 2. The summed E-state index contributed by atoms with van der Waals surface area (Å²) in [5.74, 6) is -3.36. The third-order valence-corrected chi connectivity index (χ3v) is 7.34. The molecule has 0 radical (unpaired) electrons. The minimum atomic E-state index is -1.20. The molecule has 3 aromatic carbocycles. The number of hydrogen-bond acceptors (Lipinski definition) is 8. The van der Waals surface area contributed by atoms with E-state index in [9.17, 15) is 24.0 Å². The largest absolute Gasteiger partial charge is 0.458 e. The Hall–Kier alpha value is -4.99. The van der Waals surface area contributed by atoms with E-state index < -0.39 is 47.9 Å². The first-order chi connectivity index (χ1) is 20.5. The Kier molecular flexibility index (Phi) is 8.04. The fraction of sp³-hybridized carbons (Fsp3) is 0.303. The molecule has 0 bridgehead atoms. The molecule has 1 atom stereocenters. The molecule has 0 saturated heterocycles. The second-order valence-electron chi connectivity index (χ2n) is 11.4. The molecule has 0 fully saturated rings. The highest BCUT2D eigenvalue weighted by atomic mass is 16.7. The van der Waals surface area contributed by atoms with Crippen LogP contribution in [0.4, 0.5) is 4.79 Å². The maximum atomic E-state index is 13.3. The number of ether oxygens (including phenoxy) is 2. The predicted octanol–water partition coefficient (Wildman–Crippen LogP) is 5.11. The van der Waals surface area contributed by atoms with E-state index in [0.29, 0.717) is 5.06 Å².